The number of aliphatic hydroxyl groups is 2. The van der Waals surface area contributed by atoms with Crippen molar-refractivity contribution in [2.24, 2.45) is 0 Å². The van der Waals surface area contributed by atoms with Crippen molar-refractivity contribution in [1.29, 1.82) is 0 Å². The first-order chi connectivity index (χ1) is 18.4. The molecule has 1 aliphatic rings. The SMILES string of the molecule is CC1c2[nH]c3ccc(Br)cc3c2CCN1C=O.COc1ccc(F)cc1.OCC(O)COc1ccccc1. The number of methoxy groups -OCH3 is 1. The van der Waals surface area contributed by atoms with Crippen LogP contribution in [0.5, 0.6) is 11.5 Å². The van der Waals surface area contributed by atoms with Crippen LogP contribution in [-0.2, 0) is 11.2 Å². The van der Waals surface area contributed by atoms with Crippen molar-refractivity contribution in [3.63, 3.8) is 0 Å². The Hall–Kier alpha value is -3.40. The van der Waals surface area contributed by atoms with Gasteiger partial charge in [-0.05, 0) is 73.5 Å². The summed E-state index contributed by atoms with van der Waals surface area (Å²) in [6.07, 6.45) is 1.06. The highest BCUT2D eigenvalue weighted by atomic mass is 79.9. The van der Waals surface area contributed by atoms with Gasteiger partial charge in [0.2, 0.25) is 6.41 Å². The number of nitrogens with one attached hydrogen (secondary N) is 1. The Morgan fingerprint density at radius 3 is 2.47 bits per heavy atom. The fraction of sp³-hybridized carbons (Fsp3) is 0.276. The van der Waals surface area contributed by atoms with Crippen molar-refractivity contribution in [2.45, 2.75) is 25.5 Å². The van der Waals surface area contributed by atoms with E-state index < -0.39 is 6.10 Å². The average molecular weight is 587 g/mol. The van der Waals surface area contributed by atoms with E-state index in [1.807, 2.05) is 29.2 Å². The maximum Gasteiger partial charge on any atom is 0.210 e. The Balaban J connectivity index is 0.000000168. The van der Waals surface area contributed by atoms with Gasteiger partial charge in [-0.15, -0.1) is 0 Å². The number of H-pyrrole nitrogens is 1. The third-order valence-electron chi connectivity index (χ3n) is 6.02. The molecule has 0 spiro atoms. The highest BCUT2D eigenvalue weighted by molar-refractivity contribution is 9.10. The minimum Gasteiger partial charge on any atom is -0.497 e. The van der Waals surface area contributed by atoms with Crippen LogP contribution >= 0.6 is 15.9 Å². The number of nitrogens with zero attached hydrogens (tertiary/aromatic N) is 1. The number of aromatic amines is 1. The van der Waals surface area contributed by atoms with Gasteiger partial charge in [-0.2, -0.15) is 0 Å². The first-order valence-electron chi connectivity index (χ1n) is 12.1. The maximum atomic E-state index is 12.2. The third-order valence-corrected chi connectivity index (χ3v) is 6.51. The Morgan fingerprint density at radius 1 is 1.13 bits per heavy atom. The van der Waals surface area contributed by atoms with E-state index in [2.05, 4.69) is 40.0 Å². The molecule has 7 nitrogen and oxygen atoms in total. The predicted molar refractivity (Wildman–Crippen MR) is 149 cm³/mol. The molecule has 4 aromatic rings. The monoisotopic (exact) mass is 586 g/mol. The lowest BCUT2D eigenvalue weighted by Crippen LogP contribution is -2.32. The molecule has 1 aromatic heterocycles. The smallest absolute Gasteiger partial charge is 0.210 e. The first kappa shape index (κ1) is 29.2. The number of amides is 1. The molecule has 0 saturated carbocycles. The van der Waals surface area contributed by atoms with Gasteiger partial charge < -0.3 is 29.6 Å². The van der Waals surface area contributed by atoms with E-state index in [-0.39, 0.29) is 25.1 Å². The lowest BCUT2D eigenvalue weighted by Gasteiger charge is -2.30. The number of halogens is 2. The zero-order valence-electron chi connectivity index (χ0n) is 21.3. The minimum atomic E-state index is -0.801. The number of rotatable bonds is 6. The van der Waals surface area contributed by atoms with Gasteiger partial charge in [0.25, 0.3) is 0 Å². The minimum absolute atomic E-state index is 0.126. The van der Waals surface area contributed by atoms with E-state index >= 15 is 0 Å². The predicted octanol–water partition coefficient (Wildman–Crippen LogP) is 5.26. The Bertz CT molecular complexity index is 1280. The normalized spacial score (nSPS) is 14.8. The van der Waals surface area contributed by atoms with Crippen LogP contribution in [0.25, 0.3) is 10.9 Å². The lowest BCUT2D eigenvalue weighted by molar-refractivity contribution is -0.120. The van der Waals surface area contributed by atoms with Gasteiger partial charge in [0.1, 0.15) is 30.0 Å². The van der Waals surface area contributed by atoms with Crippen molar-refractivity contribution >= 4 is 33.2 Å². The molecule has 38 heavy (non-hydrogen) atoms. The van der Waals surface area contributed by atoms with Gasteiger partial charge in [-0.25, -0.2) is 4.39 Å². The van der Waals surface area contributed by atoms with E-state index in [0.717, 1.165) is 29.4 Å². The molecule has 2 heterocycles. The Kier molecular flexibility index (Phi) is 11.1. The molecule has 0 aliphatic carbocycles. The summed E-state index contributed by atoms with van der Waals surface area (Å²) in [5.41, 5.74) is 3.68. The fourth-order valence-corrected chi connectivity index (χ4v) is 4.30. The summed E-state index contributed by atoms with van der Waals surface area (Å²) in [6.45, 7) is 2.72. The van der Waals surface area contributed by atoms with Gasteiger partial charge in [0.15, 0.2) is 0 Å². The summed E-state index contributed by atoms with van der Waals surface area (Å²) < 4.78 is 23.2. The van der Waals surface area contributed by atoms with Gasteiger partial charge in [-0.3, -0.25) is 4.79 Å². The molecule has 0 fully saturated rings. The van der Waals surface area contributed by atoms with Crippen LogP contribution in [0.15, 0.2) is 77.3 Å². The van der Waals surface area contributed by atoms with Gasteiger partial charge in [-0.1, -0.05) is 34.1 Å². The Labute approximate surface area is 229 Å². The van der Waals surface area contributed by atoms with Crippen LogP contribution in [0, 0.1) is 5.82 Å². The number of aromatic nitrogens is 1. The number of hydrogen-bond acceptors (Lipinski definition) is 5. The van der Waals surface area contributed by atoms with Crippen LogP contribution in [0.2, 0.25) is 0 Å². The number of fused-ring (bicyclic) bond motifs is 3. The van der Waals surface area contributed by atoms with Crippen LogP contribution in [0.1, 0.15) is 24.2 Å². The second-order valence-corrected chi connectivity index (χ2v) is 9.51. The fourth-order valence-electron chi connectivity index (χ4n) is 3.94. The average Bonchev–Trinajstić information content (AvgIpc) is 3.32. The van der Waals surface area contributed by atoms with Crippen molar-refractivity contribution in [3.8, 4) is 11.5 Å². The molecule has 5 rings (SSSR count). The number of carbonyl (C=O) groups is 1. The second-order valence-electron chi connectivity index (χ2n) is 8.59. The van der Waals surface area contributed by atoms with Crippen LogP contribution in [0.4, 0.5) is 4.39 Å². The number of carbonyl (C=O) groups excluding carboxylic acids is 1. The number of aliphatic hydroxyl groups excluding tert-OH is 2. The van der Waals surface area contributed by atoms with E-state index in [1.165, 1.54) is 28.8 Å². The van der Waals surface area contributed by atoms with Crippen LogP contribution in [0.3, 0.4) is 0 Å². The molecule has 0 bridgehead atoms. The molecule has 3 N–H and O–H groups in total. The summed E-state index contributed by atoms with van der Waals surface area (Å²) in [5, 5.41) is 18.7. The first-order valence-corrected chi connectivity index (χ1v) is 12.9. The quantitative estimate of drug-likeness (QED) is 0.268. The molecular weight excluding hydrogens is 555 g/mol. The van der Waals surface area contributed by atoms with Gasteiger partial charge >= 0.3 is 0 Å². The number of ether oxygens (including phenoxy) is 2. The molecule has 202 valence electrons. The Morgan fingerprint density at radius 2 is 1.84 bits per heavy atom. The van der Waals surface area contributed by atoms with Crippen molar-refractivity contribution in [2.75, 3.05) is 26.9 Å². The molecular formula is C29H32BrFN2O5. The van der Waals surface area contributed by atoms with Gasteiger partial charge in [0, 0.05) is 27.6 Å². The van der Waals surface area contributed by atoms with Crippen molar-refractivity contribution in [3.05, 3.63) is 94.3 Å². The summed E-state index contributed by atoms with van der Waals surface area (Å²) in [6, 6.07) is 21.4. The summed E-state index contributed by atoms with van der Waals surface area (Å²) in [7, 11) is 1.55. The van der Waals surface area contributed by atoms with E-state index in [9.17, 15) is 9.18 Å². The van der Waals surface area contributed by atoms with Crippen molar-refractivity contribution < 1.29 is 28.9 Å². The molecule has 2 unspecified atom stereocenters. The molecule has 1 amide bonds. The molecule has 9 heteroatoms. The number of hydrogen-bond donors (Lipinski definition) is 3. The standard InChI is InChI=1S/C13H13BrN2O.C9H12O3.C7H7FO/c1-8-13-10(4-5-16(8)7-17)11-6-9(14)2-3-12(11)15-13;10-6-8(11)7-12-9-4-2-1-3-5-9;1-9-7-4-2-6(8)3-5-7/h2-3,6-8,15H,4-5H2,1H3;1-5,8,10-11H,6-7H2;2-5H,1H3. The van der Waals surface area contributed by atoms with Crippen LogP contribution < -0.4 is 9.47 Å². The second kappa shape index (κ2) is 14.5. The zero-order valence-corrected chi connectivity index (χ0v) is 22.9. The van der Waals surface area contributed by atoms with Gasteiger partial charge in [0.05, 0.1) is 19.8 Å². The molecule has 0 radical (unpaired) electrons. The zero-order chi connectivity index (χ0) is 27.5. The summed E-state index contributed by atoms with van der Waals surface area (Å²) in [4.78, 5) is 16.2. The summed E-state index contributed by atoms with van der Waals surface area (Å²) in [5.74, 6) is 1.14. The van der Waals surface area contributed by atoms with Crippen molar-refractivity contribution in [1.82, 2.24) is 9.88 Å². The summed E-state index contributed by atoms with van der Waals surface area (Å²) >= 11 is 3.51. The molecule has 3 aromatic carbocycles. The molecule has 0 saturated heterocycles. The van der Waals surface area contributed by atoms with E-state index in [4.69, 9.17) is 19.7 Å². The highest BCUT2D eigenvalue weighted by Crippen LogP contribution is 2.34. The largest absolute Gasteiger partial charge is 0.497 e. The number of benzene rings is 3. The topological polar surface area (TPSA) is 95.0 Å². The van der Waals surface area contributed by atoms with Crippen LogP contribution in [-0.4, -0.2) is 59.5 Å². The highest BCUT2D eigenvalue weighted by Gasteiger charge is 2.26. The van der Waals surface area contributed by atoms with E-state index in [0.29, 0.717) is 11.5 Å². The molecule has 2 atom stereocenters. The lowest BCUT2D eigenvalue weighted by atomic mass is 9.99. The molecule has 1 aliphatic heterocycles. The number of para-hydroxylation sites is 1. The van der Waals surface area contributed by atoms with E-state index in [1.54, 1.807) is 31.4 Å². The maximum absolute atomic E-state index is 12.2. The third kappa shape index (κ3) is 8.05.